The van der Waals surface area contributed by atoms with E-state index < -0.39 is 22.0 Å². The molecule has 12 heteroatoms. The van der Waals surface area contributed by atoms with Crippen LogP contribution in [0.3, 0.4) is 0 Å². The number of amides is 3. The fourth-order valence-electron chi connectivity index (χ4n) is 4.17. The van der Waals surface area contributed by atoms with Gasteiger partial charge in [-0.25, -0.2) is 0 Å². The fraction of sp³-hybridized carbons (Fsp3) is 0.121. The minimum absolute atomic E-state index is 0.139. The van der Waals surface area contributed by atoms with Crippen LogP contribution in [0.5, 0.6) is 5.75 Å². The van der Waals surface area contributed by atoms with Gasteiger partial charge in [-0.05, 0) is 67.1 Å². The van der Waals surface area contributed by atoms with E-state index in [1.54, 1.807) is 72.8 Å². The summed E-state index contributed by atoms with van der Waals surface area (Å²) in [5.74, 6) is -0.985. The van der Waals surface area contributed by atoms with Crippen molar-refractivity contribution in [2.24, 2.45) is 0 Å². The zero-order valence-electron chi connectivity index (χ0n) is 24.3. The minimum atomic E-state index is -0.694. The quantitative estimate of drug-likeness (QED) is 0.0642. The number of rotatable bonds is 12. The van der Waals surface area contributed by atoms with Crippen LogP contribution in [0.15, 0.2) is 108 Å². The Morgan fingerprint density at radius 3 is 2.33 bits per heavy atom. The minimum Gasteiger partial charge on any atom is -0.495 e. The number of para-hydroxylation sites is 1. The predicted octanol–water partition coefficient (Wildman–Crippen LogP) is 7.18. The van der Waals surface area contributed by atoms with E-state index in [0.717, 1.165) is 0 Å². The summed E-state index contributed by atoms with van der Waals surface area (Å²) in [5.41, 5.74) is 0.945. The molecule has 0 aromatic heterocycles. The Kier molecular flexibility index (Phi) is 11.3. The second kappa shape index (κ2) is 15.6. The molecule has 4 aromatic rings. The van der Waals surface area contributed by atoms with Crippen LogP contribution in [0.2, 0.25) is 5.02 Å². The van der Waals surface area contributed by atoms with E-state index in [2.05, 4.69) is 16.0 Å². The van der Waals surface area contributed by atoms with E-state index in [9.17, 15) is 24.5 Å². The number of anilines is 2. The maximum Gasteiger partial charge on any atom is 0.276 e. The molecule has 0 radical (unpaired) electrons. The molecule has 0 aliphatic rings. The lowest BCUT2D eigenvalue weighted by Crippen LogP contribution is -2.30. The number of ether oxygens (including phenoxy) is 1. The monoisotopic (exact) mass is 644 g/mol. The van der Waals surface area contributed by atoms with Crippen LogP contribution in [-0.2, 0) is 9.59 Å². The van der Waals surface area contributed by atoms with Crippen molar-refractivity contribution in [3.63, 3.8) is 0 Å². The van der Waals surface area contributed by atoms with Crippen molar-refractivity contribution in [3.8, 4) is 5.75 Å². The lowest BCUT2D eigenvalue weighted by molar-refractivity contribution is -0.385. The highest BCUT2D eigenvalue weighted by Crippen LogP contribution is 2.31. The summed E-state index contributed by atoms with van der Waals surface area (Å²) in [6, 6.07) is 26.0. The van der Waals surface area contributed by atoms with Gasteiger partial charge in [0.05, 0.1) is 27.9 Å². The first-order chi connectivity index (χ1) is 21.7. The third-order valence-electron chi connectivity index (χ3n) is 6.41. The van der Waals surface area contributed by atoms with Gasteiger partial charge in [0.1, 0.15) is 11.4 Å². The molecule has 0 aliphatic heterocycles. The molecule has 3 amide bonds. The standard InChI is InChI=1S/C33H29ClN4O6S/c1-3-30(33(41)36-24-16-17-29(44-2)26(34)20-24)45-25-14-9-13-23(19-25)35-32(40)27(37-31(39)21-10-5-4-6-11-21)18-22-12-7-8-15-28(22)38(42)43/h4-20,30H,3H2,1-2H3,(H,35,40)(H,36,41)(H,37,39)/b27-18+. The fourth-order valence-corrected chi connectivity index (χ4v) is 5.44. The van der Waals surface area contributed by atoms with Gasteiger partial charge >= 0.3 is 0 Å². The van der Waals surface area contributed by atoms with Gasteiger partial charge in [-0.15, -0.1) is 11.8 Å². The van der Waals surface area contributed by atoms with Gasteiger partial charge < -0.3 is 20.7 Å². The molecule has 4 rings (SSSR count). The van der Waals surface area contributed by atoms with E-state index in [4.69, 9.17) is 16.3 Å². The molecule has 0 saturated heterocycles. The first-order valence-corrected chi connectivity index (χ1v) is 15.0. The molecule has 0 bridgehead atoms. The number of nitrogens with one attached hydrogen (secondary N) is 3. The van der Waals surface area contributed by atoms with Crippen LogP contribution < -0.4 is 20.7 Å². The van der Waals surface area contributed by atoms with E-state index in [0.29, 0.717) is 39.0 Å². The summed E-state index contributed by atoms with van der Waals surface area (Å²) in [6.45, 7) is 1.89. The predicted molar refractivity (Wildman–Crippen MR) is 177 cm³/mol. The molecule has 0 spiro atoms. The number of hydrogen-bond donors (Lipinski definition) is 3. The molecule has 230 valence electrons. The molecule has 4 aromatic carbocycles. The van der Waals surface area contributed by atoms with Crippen LogP contribution in [0, 0.1) is 10.1 Å². The summed E-state index contributed by atoms with van der Waals surface area (Å²) in [7, 11) is 1.51. The van der Waals surface area contributed by atoms with Gasteiger partial charge in [-0.3, -0.25) is 24.5 Å². The van der Waals surface area contributed by atoms with E-state index >= 15 is 0 Å². The molecule has 45 heavy (non-hydrogen) atoms. The molecular formula is C33H29ClN4O6S. The maximum absolute atomic E-state index is 13.5. The molecule has 1 atom stereocenters. The van der Waals surface area contributed by atoms with Crippen molar-refractivity contribution in [1.29, 1.82) is 0 Å². The Morgan fingerprint density at radius 1 is 0.933 bits per heavy atom. The molecule has 0 saturated carbocycles. The molecular weight excluding hydrogens is 616 g/mol. The number of nitro benzene ring substituents is 1. The zero-order chi connectivity index (χ0) is 32.3. The smallest absolute Gasteiger partial charge is 0.276 e. The average Bonchev–Trinajstić information content (AvgIpc) is 3.04. The van der Waals surface area contributed by atoms with Crippen molar-refractivity contribution < 1.29 is 24.0 Å². The number of carbonyl (C=O) groups excluding carboxylic acids is 3. The number of nitro groups is 1. The number of hydrogen-bond acceptors (Lipinski definition) is 7. The van der Waals surface area contributed by atoms with Crippen LogP contribution in [0.1, 0.15) is 29.3 Å². The molecule has 10 nitrogen and oxygen atoms in total. The SMILES string of the molecule is CCC(Sc1cccc(NC(=O)/C(=C\c2ccccc2[N+](=O)[O-])NC(=O)c2ccccc2)c1)C(=O)Nc1ccc(OC)c(Cl)c1. The van der Waals surface area contributed by atoms with Crippen molar-refractivity contribution >= 4 is 64.2 Å². The van der Waals surface area contributed by atoms with E-state index in [1.165, 1.54) is 43.1 Å². The number of nitrogens with zero attached hydrogens (tertiary/aromatic N) is 1. The molecule has 0 aliphatic carbocycles. The maximum atomic E-state index is 13.5. The van der Waals surface area contributed by atoms with E-state index in [-0.39, 0.29) is 22.9 Å². The van der Waals surface area contributed by atoms with Gasteiger partial charge in [-0.2, -0.15) is 0 Å². The van der Waals surface area contributed by atoms with Gasteiger partial charge in [0.25, 0.3) is 17.5 Å². The zero-order valence-corrected chi connectivity index (χ0v) is 25.9. The van der Waals surface area contributed by atoms with Crippen LogP contribution >= 0.6 is 23.4 Å². The normalized spacial score (nSPS) is 11.7. The molecule has 0 fully saturated rings. The second-order valence-corrected chi connectivity index (χ2v) is 11.2. The van der Waals surface area contributed by atoms with Crippen LogP contribution in [0.4, 0.5) is 17.1 Å². The van der Waals surface area contributed by atoms with Crippen molar-refractivity contribution in [1.82, 2.24) is 5.32 Å². The Balaban J connectivity index is 1.53. The lowest BCUT2D eigenvalue weighted by Gasteiger charge is -2.16. The van der Waals surface area contributed by atoms with Crippen molar-refractivity contribution in [2.75, 3.05) is 17.7 Å². The highest BCUT2D eigenvalue weighted by Gasteiger charge is 2.21. The number of carbonyl (C=O) groups is 3. The Bertz CT molecular complexity index is 1750. The van der Waals surface area contributed by atoms with Crippen LogP contribution in [-0.4, -0.2) is 35.0 Å². The summed E-state index contributed by atoms with van der Waals surface area (Å²) in [6.07, 6.45) is 1.78. The number of benzene rings is 4. The first-order valence-electron chi connectivity index (χ1n) is 13.7. The van der Waals surface area contributed by atoms with Gasteiger partial charge in [0.2, 0.25) is 5.91 Å². The Labute approximate surface area is 269 Å². The number of methoxy groups -OCH3 is 1. The number of halogens is 1. The summed E-state index contributed by atoms with van der Waals surface area (Å²) in [4.78, 5) is 51.2. The molecule has 3 N–H and O–H groups in total. The lowest BCUT2D eigenvalue weighted by atomic mass is 10.1. The first kappa shape index (κ1) is 32.8. The molecule has 0 heterocycles. The summed E-state index contributed by atoms with van der Waals surface area (Å²) >= 11 is 7.50. The highest BCUT2D eigenvalue weighted by atomic mass is 35.5. The average molecular weight is 645 g/mol. The summed E-state index contributed by atoms with van der Waals surface area (Å²) in [5, 5.41) is 19.7. The highest BCUT2D eigenvalue weighted by molar-refractivity contribution is 8.00. The third kappa shape index (κ3) is 8.94. The largest absolute Gasteiger partial charge is 0.495 e. The van der Waals surface area contributed by atoms with Gasteiger partial charge in [0, 0.05) is 27.9 Å². The molecule has 1 unspecified atom stereocenters. The third-order valence-corrected chi connectivity index (χ3v) is 8.07. The topological polar surface area (TPSA) is 140 Å². The van der Waals surface area contributed by atoms with Crippen molar-refractivity contribution in [3.05, 3.63) is 129 Å². The number of thioether (sulfide) groups is 1. The van der Waals surface area contributed by atoms with Crippen molar-refractivity contribution in [2.45, 2.75) is 23.5 Å². The van der Waals surface area contributed by atoms with Gasteiger partial charge in [0.15, 0.2) is 0 Å². The second-order valence-electron chi connectivity index (χ2n) is 9.53. The van der Waals surface area contributed by atoms with E-state index in [1.807, 2.05) is 13.0 Å². The summed E-state index contributed by atoms with van der Waals surface area (Å²) < 4.78 is 5.16. The van der Waals surface area contributed by atoms with Gasteiger partial charge in [-0.1, -0.05) is 54.9 Å². The Hall–Kier alpha value is -5.13. The van der Waals surface area contributed by atoms with Crippen LogP contribution in [0.25, 0.3) is 6.08 Å². The Morgan fingerprint density at radius 2 is 1.64 bits per heavy atom.